The number of nitrogens with one attached hydrogen (secondary N) is 3. The van der Waals surface area contributed by atoms with Crippen molar-refractivity contribution in [2.24, 2.45) is 11.8 Å². The highest BCUT2D eigenvalue weighted by Crippen LogP contribution is 2.32. The van der Waals surface area contributed by atoms with Crippen molar-refractivity contribution >= 4 is 40.9 Å². The first kappa shape index (κ1) is 21.3. The van der Waals surface area contributed by atoms with Gasteiger partial charge in [-0.05, 0) is 36.5 Å². The summed E-state index contributed by atoms with van der Waals surface area (Å²) in [6.45, 7) is 5.77. The number of hydrogen-bond donors (Lipinski definition) is 3. The monoisotopic (exact) mass is 447 g/mol. The molecule has 4 rings (SSSR count). The zero-order valence-corrected chi connectivity index (χ0v) is 17.9. The summed E-state index contributed by atoms with van der Waals surface area (Å²) in [6.07, 6.45) is 0.897. The summed E-state index contributed by atoms with van der Waals surface area (Å²) in [7, 11) is 0. The Bertz CT molecular complexity index is 1090. The van der Waals surface area contributed by atoms with Gasteiger partial charge < -0.3 is 15.5 Å². The van der Waals surface area contributed by atoms with E-state index in [0.29, 0.717) is 17.8 Å². The lowest BCUT2D eigenvalue weighted by Crippen LogP contribution is -2.42. The molecule has 3 N–H and O–H groups in total. The van der Waals surface area contributed by atoms with Crippen molar-refractivity contribution in [1.29, 1.82) is 0 Å². The molecule has 3 heterocycles. The van der Waals surface area contributed by atoms with Gasteiger partial charge in [0.25, 0.3) is 5.56 Å². The average molecular weight is 448 g/mol. The summed E-state index contributed by atoms with van der Waals surface area (Å²) < 4.78 is 13.4. The SMILES string of the molecule is CC1CC(C)CN(c2nc3c(c(=O)[nH]2)C(C(=O)Nc2ccc(F)c(Cl)c2)CC(=O)N3)C1. The molecule has 31 heavy (non-hydrogen) atoms. The number of H-pyrrole nitrogens is 1. The van der Waals surface area contributed by atoms with Crippen molar-refractivity contribution in [2.75, 3.05) is 28.6 Å². The molecule has 0 bridgehead atoms. The van der Waals surface area contributed by atoms with Gasteiger partial charge in [-0.3, -0.25) is 19.4 Å². The first-order chi connectivity index (χ1) is 14.7. The van der Waals surface area contributed by atoms with E-state index in [1.807, 2.05) is 4.90 Å². The van der Waals surface area contributed by atoms with Crippen LogP contribution in [0.15, 0.2) is 23.0 Å². The molecule has 10 heteroatoms. The number of anilines is 3. The zero-order chi connectivity index (χ0) is 22.3. The maximum atomic E-state index is 13.4. The van der Waals surface area contributed by atoms with Crippen molar-refractivity contribution in [2.45, 2.75) is 32.6 Å². The van der Waals surface area contributed by atoms with Gasteiger partial charge in [-0.25, -0.2) is 4.39 Å². The number of hydrogen-bond acceptors (Lipinski definition) is 5. The van der Waals surface area contributed by atoms with E-state index in [9.17, 15) is 18.8 Å². The second-order valence-electron chi connectivity index (χ2n) is 8.43. The van der Waals surface area contributed by atoms with Crippen LogP contribution in [0.3, 0.4) is 0 Å². The van der Waals surface area contributed by atoms with Gasteiger partial charge in [0.15, 0.2) is 0 Å². The minimum Gasteiger partial charge on any atom is -0.342 e. The highest BCUT2D eigenvalue weighted by Gasteiger charge is 2.35. The van der Waals surface area contributed by atoms with Gasteiger partial charge in [0.1, 0.15) is 11.6 Å². The fraction of sp³-hybridized carbons (Fsp3) is 0.429. The van der Waals surface area contributed by atoms with Crippen molar-refractivity contribution < 1.29 is 14.0 Å². The third-order valence-electron chi connectivity index (χ3n) is 5.61. The van der Waals surface area contributed by atoms with Crippen LogP contribution < -0.4 is 21.1 Å². The fourth-order valence-electron chi connectivity index (χ4n) is 4.37. The van der Waals surface area contributed by atoms with E-state index < -0.39 is 29.1 Å². The van der Waals surface area contributed by atoms with Crippen LogP contribution in [0.4, 0.5) is 21.8 Å². The van der Waals surface area contributed by atoms with E-state index in [4.69, 9.17) is 11.6 Å². The molecule has 1 saturated heterocycles. The fourth-order valence-corrected chi connectivity index (χ4v) is 4.55. The number of rotatable bonds is 3. The number of nitrogens with zero attached hydrogens (tertiary/aromatic N) is 2. The third kappa shape index (κ3) is 4.41. The first-order valence-corrected chi connectivity index (χ1v) is 10.5. The molecule has 2 aliphatic rings. The lowest BCUT2D eigenvalue weighted by atomic mass is 9.91. The molecule has 0 saturated carbocycles. The molecule has 3 atom stereocenters. The highest BCUT2D eigenvalue weighted by molar-refractivity contribution is 6.31. The summed E-state index contributed by atoms with van der Waals surface area (Å²) in [5, 5.41) is 5.07. The van der Waals surface area contributed by atoms with Crippen LogP contribution in [0.5, 0.6) is 0 Å². The summed E-state index contributed by atoms with van der Waals surface area (Å²) in [5.41, 5.74) is -0.100. The predicted octanol–water partition coefficient (Wildman–Crippen LogP) is 3.11. The number of carbonyl (C=O) groups excluding carboxylic acids is 2. The molecule has 0 aliphatic carbocycles. The normalized spacial score (nSPS) is 23.2. The minimum atomic E-state index is -1.03. The van der Waals surface area contributed by atoms with Crippen LogP contribution in [0.25, 0.3) is 0 Å². The molecule has 164 valence electrons. The largest absolute Gasteiger partial charge is 0.342 e. The molecule has 1 aromatic heterocycles. The summed E-state index contributed by atoms with van der Waals surface area (Å²) in [4.78, 5) is 47.3. The summed E-state index contributed by atoms with van der Waals surface area (Å²) >= 11 is 5.76. The maximum Gasteiger partial charge on any atom is 0.258 e. The van der Waals surface area contributed by atoms with Gasteiger partial charge in [-0.2, -0.15) is 4.98 Å². The summed E-state index contributed by atoms with van der Waals surface area (Å²) in [6, 6.07) is 3.75. The number of piperidine rings is 1. The van der Waals surface area contributed by atoms with Gasteiger partial charge in [-0.15, -0.1) is 0 Å². The predicted molar refractivity (Wildman–Crippen MR) is 116 cm³/mol. The van der Waals surface area contributed by atoms with E-state index in [1.165, 1.54) is 12.1 Å². The average Bonchev–Trinajstić information content (AvgIpc) is 2.69. The van der Waals surface area contributed by atoms with Crippen LogP contribution in [-0.2, 0) is 9.59 Å². The van der Waals surface area contributed by atoms with Gasteiger partial charge in [0.05, 0.1) is 16.5 Å². The Morgan fingerprint density at radius 1 is 1.26 bits per heavy atom. The van der Waals surface area contributed by atoms with Gasteiger partial charge in [0.2, 0.25) is 17.8 Å². The molecule has 2 amide bonds. The molecule has 1 aromatic carbocycles. The molecule has 2 aliphatic heterocycles. The van der Waals surface area contributed by atoms with Gasteiger partial charge in [0, 0.05) is 25.2 Å². The molecular weight excluding hydrogens is 425 g/mol. The Kier molecular flexibility index (Phi) is 5.70. The third-order valence-corrected chi connectivity index (χ3v) is 5.90. The van der Waals surface area contributed by atoms with Crippen molar-refractivity contribution in [3.63, 3.8) is 0 Å². The van der Waals surface area contributed by atoms with Crippen LogP contribution in [-0.4, -0.2) is 34.9 Å². The standard InChI is InChI=1S/C21H23ClFN5O3/c1-10-5-11(2)9-28(8-10)21-26-18-17(20(31)27-21)13(7-16(29)25-18)19(30)24-12-3-4-15(23)14(22)6-12/h3-4,6,10-11,13H,5,7-9H2,1-2H3,(H,24,30)(H2,25,26,27,29,31). The van der Waals surface area contributed by atoms with Crippen molar-refractivity contribution in [3.05, 3.63) is 45.0 Å². The molecule has 2 aromatic rings. The topological polar surface area (TPSA) is 107 Å². The van der Waals surface area contributed by atoms with E-state index in [1.54, 1.807) is 0 Å². The Balaban J connectivity index is 1.64. The quantitative estimate of drug-likeness (QED) is 0.670. The van der Waals surface area contributed by atoms with Crippen molar-refractivity contribution in [1.82, 2.24) is 9.97 Å². The lowest BCUT2D eigenvalue weighted by molar-refractivity contribution is -0.123. The molecular formula is C21H23ClFN5O3. The molecule has 3 unspecified atom stereocenters. The Hall–Kier alpha value is -2.94. The van der Waals surface area contributed by atoms with E-state index in [0.717, 1.165) is 25.6 Å². The first-order valence-electron chi connectivity index (χ1n) is 10.2. The van der Waals surface area contributed by atoms with Crippen LogP contribution in [0.2, 0.25) is 5.02 Å². The number of aromatic amines is 1. The summed E-state index contributed by atoms with van der Waals surface area (Å²) in [5.74, 6) is -1.25. The second-order valence-corrected chi connectivity index (χ2v) is 8.83. The Morgan fingerprint density at radius 3 is 2.65 bits per heavy atom. The van der Waals surface area contributed by atoms with Crippen molar-refractivity contribution in [3.8, 4) is 0 Å². The van der Waals surface area contributed by atoms with Crippen LogP contribution >= 0.6 is 11.6 Å². The number of carbonyl (C=O) groups is 2. The highest BCUT2D eigenvalue weighted by atomic mass is 35.5. The number of aromatic nitrogens is 2. The number of amides is 2. The van der Waals surface area contributed by atoms with Gasteiger partial charge in [-0.1, -0.05) is 25.4 Å². The zero-order valence-electron chi connectivity index (χ0n) is 17.2. The number of halogens is 2. The Labute approximate surface area is 183 Å². The number of fused-ring (bicyclic) bond motifs is 1. The lowest BCUT2D eigenvalue weighted by Gasteiger charge is -2.35. The molecule has 0 radical (unpaired) electrons. The Morgan fingerprint density at radius 2 is 1.97 bits per heavy atom. The second kappa shape index (κ2) is 8.30. The molecule has 8 nitrogen and oxygen atoms in total. The molecule has 0 spiro atoms. The van der Waals surface area contributed by atoms with E-state index >= 15 is 0 Å². The number of benzene rings is 1. The smallest absolute Gasteiger partial charge is 0.258 e. The van der Waals surface area contributed by atoms with E-state index in [2.05, 4.69) is 34.4 Å². The molecule has 1 fully saturated rings. The minimum absolute atomic E-state index is 0.0955. The van der Waals surface area contributed by atoms with Gasteiger partial charge >= 0.3 is 0 Å². The van der Waals surface area contributed by atoms with E-state index in [-0.39, 0.29) is 28.5 Å². The maximum absolute atomic E-state index is 13.4. The van der Waals surface area contributed by atoms with Crippen LogP contribution in [0, 0.1) is 17.7 Å². The van der Waals surface area contributed by atoms with Crippen LogP contribution in [0.1, 0.15) is 38.2 Å².